The van der Waals surface area contributed by atoms with Crippen molar-refractivity contribution < 1.29 is 4.74 Å². The fourth-order valence-corrected chi connectivity index (χ4v) is 2.00. The molecule has 2 N–H and O–H groups in total. The number of imidazole rings is 1. The zero-order valence-electron chi connectivity index (χ0n) is 11.0. The van der Waals surface area contributed by atoms with Gasteiger partial charge in [0.15, 0.2) is 0 Å². The van der Waals surface area contributed by atoms with Crippen molar-refractivity contribution >= 4 is 0 Å². The Labute approximate surface area is 107 Å². The van der Waals surface area contributed by atoms with Crippen LogP contribution in [0.25, 0.3) is 0 Å². The molecule has 2 rings (SSSR count). The summed E-state index contributed by atoms with van der Waals surface area (Å²) in [6.45, 7) is 5.15. The van der Waals surface area contributed by atoms with E-state index in [4.69, 9.17) is 10.5 Å². The van der Waals surface area contributed by atoms with E-state index < -0.39 is 0 Å². The fraction of sp³-hybridized carbons (Fsp3) is 0.385. The molecule has 0 unspecified atom stereocenters. The summed E-state index contributed by atoms with van der Waals surface area (Å²) in [5.41, 5.74) is 9.52. The molecule has 2 aromatic heterocycles. The van der Waals surface area contributed by atoms with E-state index in [0.717, 1.165) is 28.3 Å². The number of aryl methyl sites for hydroxylation is 1. The van der Waals surface area contributed by atoms with Gasteiger partial charge in [-0.2, -0.15) is 0 Å². The molecule has 2 aromatic rings. The number of nitrogens with zero attached hydrogens (tertiary/aromatic N) is 3. The van der Waals surface area contributed by atoms with Crippen molar-refractivity contribution in [2.45, 2.75) is 26.9 Å². The van der Waals surface area contributed by atoms with Crippen LogP contribution in [0.2, 0.25) is 0 Å². The maximum atomic E-state index is 5.54. The van der Waals surface area contributed by atoms with Crippen LogP contribution in [0.1, 0.15) is 22.5 Å². The Morgan fingerprint density at radius 1 is 1.33 bits per heavy atom. The lowest BCUT2D eigenvalue weighted by Gasteiger charge is -2.12. The molecule has 0 aliphatic carbocycles. The predicted octanol–water partition coefficient (Wildman–Crippen LogP) is 1.41. The highest BCUT2D eigenvalue weighted by Crippen LogP contribution is 2.24. The van der Waals surface area contributed by atoms with Crippen molar-refractivity contribution in [3.05, 3.63) is 41.2 Å². The lowest BCUT2D eigenvalue weighted by molar-refractivity contribution is 0.406. The van der Waals surface area contributed by atoms with Crippen LogP contribution < -0.4 is 10.5 Å². The number of nitrogens with two attached hydrogens (primary N) is 1. The highest BCUT2D eigenvalue weighted by Gasteiger charge is 2.10. The molecule has 0 aromatic carbocycles. The molecule has 0 radical (unpaired) electrons. The number of rotatable bonds is 4. The van der Waals surface area contributed by atoms with Crippen molar-refractivity contribution in [1.82, 2.24) is 14.5 Å². The van der Waals surface area contributed by atoms with Gasteiger partial charge in [0.1, 0.15) is 5.75 Å². The SMILES string of the molecule is COc1c(C)cnc(Cn2cnc(CN)c2)c1C. The molecule has 0 saturated heterocycles. The first-order valence-electron chi connectivity index (χ1n) is 5.85. The van der Waals surface area contributed by atoms with E-state index >= 15 is 0 Å². The topological polar surface area (TPSA) is 66.0 Å². The third-order valence-electron chi connectivity index (χ3n) is 2.98. The Morgan fingerprint density at radius 2 is 2.11 bits per heavy atom. The molecule has 2 heterocycles. The number of hydrogen-bond acceptors (Lipinski definition) is 4. The second-order valence-electron chi connectivity index (χ2n) is 4.29. The molecule has 0 amide bonds. The number of methoxy groups -OCH3 is 1. The molecular weight excluding hydrogens is 228 g/mol. The lowest BCUT2D eigenvalue weighted by Crippen LogP contribution is -2.05. The molecule has 96 valence electrons. The number of hydrogen-bond donors (Lipinski definition) is 1. The van der Waals surface area contributed by atoms with E-state index in [1.165, 1.54) is 0 Å². The first-order valence-corrected chi connectivity index (χ1v) is 5.85. The summed E-state index contributed by atoms with van der Waals surface area (Å²) < 4.78 is 7.37. The molecule has 5 nitrogen and oxygen atoms in total. The summed E-state index contributed by atoms with van der Waals surface area (Å²) in [6.07, 6.45) is 5.55. The summed E-state index contributed by atoms with van der Waals surface area (Å²) >= 11 is 0. The molecule has 0 fully saturated rings. The smallest absolute Gasteiger partial charge is 0.128 e. The number of pyridine rings is 1. The zero-order valence-corrected chi connectivity index (χ0v) is 11.0. The Hall–Kier alpha value is -1.88. The highest BCUT2D eigenvalue weighted by molar-refractivity contribution is 5.41. The third kappa shape index (κ3) is 2.36. The van der Waals surface area contributed by atoms with Crippen LogP contribution in [0.3, 0.4) is 0 Å². The van der Waals surface area contributed by atoms with E-state index in [1.807, 2.05) is 30.8 Å². The maximum Gasteiger partial charge on any atom is 0.128 e. The van der Waals surface area contributed by atoms with Crippen LogP contribution in [-0.2, 0) is 13.1 Å². The van der Waals surface area contributed by atoms with Crippen molar-refractivity contribution in [2.24, 2.45) is 5.73 Å². The first kappa shape index (κ1) is 12.6. The minimum Gasteiger partial charge on any atom is -0.496 e. The van der Waals surface area contributed by atoms with Crippen LogP contribution in [0.15, 0.2) is 18.7 Å². The monoisotopic (exact) mass is 246 g/mol. The second-order valence-corrected chi connectivity index (χ2v) is 4.29. The van der Waals surface area contributed by atoms with E-state index in [-0.39, 0.29) is 0 Å². The van der Waals surface area contributed by atoms with Crippen LogP contribution >= 0.6 is 0 Å². The Morgan fingerprint density at radius 3 is 2.72 bits per heavy atom. The van der Waals surface area contributed by atoms with Crippen molar-refractivity contribution in [1.29, 1.82) is 0 Å². The van der Waals surface area contributed by atoms with Gasteiger partial charge in [0.2, 0.25) is 0 Å². The van der Waals surface area contributed by atoms with Crippen LogP contribution in [-0.4, -0.2) is 21.6 Å². The van der Waals surface area contributed by atoms with E-state index in [2.05, 4.69) is 9.97 Å². The molecule has 5 heteroatoms. The van der Waals surface area contributed by atoms with Gasteiger partial charge >= 0.3 is 0 Å². The summed E-state index contributed by atoms with van der Waals surface area (Å²) in [7, 11) is 1.68. The summed E-state index contributed by atoms with van der Waals surface area (Å²) in [6, 6.07) is 0. The summed E-state index contributed by atoms with van der Waals surface area (Å²) in [4.78, 5) is 8.66. The van der Waals surface area contributed by atoms with Gasteiger partial charge in [-0.15, -0.1) is 0 Å². The van der Waals surface area contributed by atoms with Gasteiger partial charge < -0.3 is 15.0 Å². The number of aromatic nitrogens is 3. The molecule has 0 saturated carbocycles. The third-order valence-corrected chi connectivity index (χ3v) is 2.98. The molecule has 0 aliphatic rings. The fourth-order valence-electron chi connectivity index (χ4n) is 2.00. The molecule has 0 atom stereocenters. The average Bonchev–Trinajstić information content (AvgIpc) is 2.81. The van der Waals surface area contributed by atoms with E-state index in [1.54, 1.807) is 13.4 Å². The van der Waals surface area contributed by atoms with Crippen LogP contribution in [0.5, 0.6) is 5.75 Å². The van der Waals surface area contributed by atoms with Gasteiger partial charge in [-0.25, -0.2) is 4.98 Å². The van der Waals surface area contributed by atoms with Gasteiger partial charge in [-0.3, -0.25) is 4.98 Å². The van der Waals surface area contributed by atoms with Crippen molar-refractivity contribution in [2.75, 3.05) is 7.11 Å². The highest BCUT2D eigenvalue weighted by atomic mass is 16.5. The summed E-state index contributed by atoms with van der Waals surface area (Å²) in [5.74, 6) is 0.902. The van der Waals surface area contributed by atoms with Gasteiger partial charge in [0.05, 0.1) is 31.4 Å². The van der Waals surface area contributed by atoms with E-state index in [0.29, 0.717) is 13.1 Å². The summed E-state index contributed by atoms with van der Waals surface area (Å²) in [5, 5.41) is 0. The van der Waals surface area contributed by atoms with Crippen LogP contribution in [0.4, 0.5) is 0 Å². The minimum atomic E-state index is 0.455. The quantitative estimate of drug-likeness (QED) is 0.885. The zero-order chi connectivity index (χ0) is 13.1. The van der Waals surface area contributed by atoms with Crippen molar-refractivity contribution in [3.63, 3.8) is 0 Å². The average molecular weight is 246 g/mol. The molecular formula is C13H18N4O. The minimum absolute atomic E-state index is 0.455. The Kier molecular flexibility index (Phi) is 3.62. The standard InChI is InChI=1S/C13H18N4O/c1-9-5-15-12(10(2)13(9)18-3)7-17-6-11(4-14)16-8-17/h5-6,8H,4,7,14H2,1-3H3. The first-order chi connectivity index (χ1) is 8.65. The maximum absolute atomic E-state index is 5.54. The Bertz CT molecular complexity index is 548. The normalized spacial score (nSPS) is 10.7. The second kappa shape index (κ2) is 5.18. The molecule has 0 bridgehead atoms. The predicted molar refractivity (Wildman–Crippen MR) is 69.5 cm³/mol. The van der Waals surface area contributed by atoms with E-state index in [9.17, 15) is 0 Å². The van der Waals surface area contributed by atoms with Crippen LogP contribution in [0, 0.1) is 13.8 Å². The van der Waals surface area contributed by atoms with Crippen molar-refractivity contribution in [3.8, 4) is 5.75 Å². The van der Waals surface area contributed by atoms with Gasteiger partial charge in [0, 0.05) is 30.1 Å². The largest absolute Gasteiger partial charge is 0.496 e. The van der Waals surface area contributed by atoms with Gasteiger partial charge in [-0.1, -0.05) is 0 Å². The molecule has 0 spiro atoms. The Balaban J connectivity index is 2.29. The van der Waals surface area contributed by atoms with Gasteiger partial charge in [0.25, 0.3) is 0 Å². The van der Waals surface area contributed by atoms with Gasteiger partial charge in [-0.05, 0) is 13.8 Å². The lowest BCUT2D eigenvalue weighted by atomic mass is 10.1. The molecule has 0 aliphatic heterocycles. The number of ether oxygens (including phenoxy) is 1. The molecule has 18 heavy (non-hydrogen) atoms.